The molecule has 0 atom stereocenters. The number of aryl methyl sites for hydroxylation is 1. The second kappa shape index (κ2) is 3.37. The van der Waals surface area contributed by atoms with Crippen LogP contribution in [0.4, 0.5) is 0 Å². The van der Waals surface area contributed by atoms with Crippen LogP contribution in [0, 0.1) is 6.08 Å². The van der Waals surface area contributed by atoms with Gasteiger partial charge in [0.25, 0.3) is 0 Å². The van der Waals surface area contributed by atoms with Gasteiger partial charge >= 0.3 is 0 Å². The molecule has 0 spiro atoms. The maximum absolute atomic E-state index is 3.74. The third-order valence-electron chi connectivity index (χ3n) is 2.75. The summed E-state index contributed by atoms with van der Waals surface area (Å²) in [5, 5.41) is 0. The zero-order valence-corrected chi connectivity index (χ0v) is 8.14. The fraction of sp³-hybridized carbons (Fsp3) is 0.385. The normalized spacial score (nSPS) is 15.8. The fourth-order valence-electron chi connectivity index (χ4n) is 1.74. The number of rotatable bonds is 3. The molecule has 0 N–H and O–H groups in total. The van der Waals surface area contributed by atoms with Crippen LogP contribution in [0.5, 0.6) is 0 Å². The van der Waals surface area contributed by atoms with Gasteiger partial charge in [-0.05, 0) is 47.9 Å². The average molecular weight is 171 g/mol. The van der Waals surface area contributed by atoms with Gasteiger partial charge in [-0.25, -0.2) is 0 Å². The lowest BCUT2D eigenvalue weighted by Gasteiger charge is -2.05. The molecule has 1 radical (unpaired) electrons. The molecule has 67 valence electrons. The Hall–Kier alpha value is -1.04. The highest BCUT2D eigenvalue weighted by Gasteiger charge is 2.23. The Bertz CT molecular complexity index is 319. The fourth-order valence-corrected chi connectivity index (χ4v) is 1.74. The highest BCUT2D eigenvalue weighted by molar-refractivity contribution is 5.38. The first-order chi connectivity index (χ1) is 6.35. The Balaban J connectivity index is 2.36. The van der Waals surface area contributed by atoms with Crippen molar-refractivity contribution in [2.75, 3.05) is 0 Å². The van der Waals surface area contributed by atoms with Crippen molar-refractivity contribution in [3.05, 3.63) is 47.5 Å². The van der Waals surface area contributed by atoms with Gasteiger partial charge in [-0.1, -0.05) is 31.7 Å². The average Bonchev–Trinajstić information content (AvgIpc) is 3.00. The molecule has 0 unspecified atom stereocenters. The summed E-state index contributed by atoms with van der Waals surface area (Å²) in [6.07, 6.45) is 6.82. The van der Waals surface area contributed by atoms with Crippen molar-refractivity contribution in [3.63, 3.8) is 0 Å². The summed E-state index contributed by atoms with van der Waals surface area (Å²) >= 11 is 0. The molecular weight excluding hydrogens is 156 g/mol. The minimum Gasteiger partial charge on any atom is -0.0905 e. The predicted octanol–water partition coefficient (Wildman–Crippen LogP) is 3.46. The van der Waals surface area contributed by atoms with Gasteiger partial charge in [0, 0.05) is 0 Å². The molecule has 1 aromatic carbocycles. The molecule has 1 aliphatic rings. The Morgan fingerprint density at radius 3 is 2.77 bits per heavy atom. The van der Waals surface area contributed by atoms with E-state index in [1.165, 1.54) is 29.5 Å². The van der Waals surface area contributed by atoms with E-state index in [2.05, 4.69) is 37.8 Å². The summed E-state index contributed by atoms with van der Waals surface area (Å²) in [4.78, 5) is 0. The smallest absolute Gasteiger partial charge is 0.0149 e. The van der Waals surface area contributed by atoms with E-state index in [1.807, 2.05) is 0 Å². The quantitative estimate of drug-likeness (QED) is 0.653. The van der Waals surface area contributed by atoms with E-state index in [-0.39, 0.29) is 0 Å². The summed E-state index contributed by atoms with van der Waals surface area (Å²) in [5.41, 5.74) is 4.04. The third kappa shape index (κ3) is 1.67. The maximum atomic E-state index is 3.74. The van der Waals surface area contributed by atoms with Crippen molar-refractivity contribution in [2.24, 2.45) is 0 Å². The zero-order valence-electron chi connectivity index (χ0n) is 8.14. The molecule has 1 fully saturated rings. The van der Waals surface area contributed by atoms with Gasteiger partial charge in [-0.3, -0.25) is 0 Å². The van der Waals surface area contributed by atoms with E-state index in [0.29, 0.717) is 0 Å². The SMILES string of the molecule is C=[C]c1cc(C2CC2)ccc1CC. The number of benzene rings is 1. The van der Waals surface area contributed by atoms with Gasteiger partial charge in [-0.15, -0.1) is 0 Å². The Morgan fingerprint density at radius 2 is 2.23 bits per heavy atom. The van der Waals surface area contributed by atoms with Crippen LogP contribution < -0.4 is 0 Å². The minimum atomic E-state index is 0.831. The molecule has 0 nitrogen and oxygen atoms in total. The van der Waals surface area contributed by atoms with E-state index in [4.69, 9.17) is 0 Å². The highest BCUT2D eigenvalue weighted by Crippen LogP contribution is 2.40. The Labute approximate surface area is 80.3 Å². The molecule has 2 rings (SSSR count). The van der Waals surface area contributed by atoms with Crippen LogP contribution in [0.1, 0.15) is 42.4 Å². The van der Waals surface area contributed by atoms with Crippen molar-refractivity contribution in [3.8, 4) is 0 Å². The summed E-state index contributed by atoms with van der Waals surface area (Å²) in [7, 11) is 0. The van der Waals surface area contributed by atoms with Crippen LogP contribution in [0.3, 0.4) is 0 Å². The monoisotopic (exact) mass is 171 g/mol. The van der Waals surface area contributed by atoms with Crippen LogP contribution in [-0.2, 0) is 6.42 Å². The molecule has 0 bridgehead atoms. The van der Waals surface area contributed by atoms with Crippen LogP contribution in [0.2, 0.25) is 0 Å². The van der Waals surface area contributed by atoms with Gasteiger partial charge in [0.2, 0.25) is 0 Å². The molecule has 13 heavy (non-hydrogen) atoms. The van der Waals surface area contributed by atoms with Crippen molar-refractivity contribution in [1.29, 1.82) is 0 Å². The molecule has 0 aromatic heterocycles. The molecule has 1 aliphatic carbocycles. The standard InChI is InChI=1S/C13H15/c1-3-10-5-8-13(12-6-7-12)9-11(10)4-2/h5,8-9,12H,2-3,6-7H2,1H3. The number of hydrogen-bond donors (Lipinski definition) is 0. The molecule has 0 aliphatic heterocycles. The zero-order chi connectivity index (χ0) is 9.26. The lowest BCUT2D eigenvalue weighted by Crippen LogP contribution is -1.89. The lowest BCUT2D eigenvalue weighted by atomic mass is 10.00. The van der Waals surface area contributed by atoms with Crippen molar-refractivity contribution < 1.29 is 0 Å². The van der Waals surface area contributed by atoms with Crippen molar-refractivity contribution >= 4 is 0 Å². The molecule has 0 saturated heterocycles. The number of hydrogen-bond acceptors (Lipinski definition) is 0. The van der Waals surface area contributed by atoms with E-state index >= 15 is 0 Å². The van der Waals surface area contributed by atoms with E-state index in [9.17, 15) is 0 Å². The van der Waals surface area contributed by atoms with E-state index < -0.39 is 0 Å². The molecular formula is C13H15. The van der Waals surface area contributed by atoms with Crippen LogP contribution in [-0.4, -0.2) is 0 Å². The van der Waals surface area contributed by atoms with Crippen LogP contribution in [0.25, 0.3) is 0 Å². The molecule has 0 heteroatoms. The minimum absolute atomic E-state index is 0.831. The predicted molar refractivity (Wildman–Crippen MR) is 55.8 cm³/mol. The first-order valence-electron chi connectivity index (χ1n) is 5.01. The van der Waals surface area contributed by atoms with E-state index in [0.717, 1.165) is 12.3 Å². The molecule has 0 heterocycles. The largest absolute Gasteiger partial charge is 0.0905 e. The van der Waals surface area contributed by atoms with Crippen LogP contribution >= 0.6 is 0 Å². The second-order valence-corrected chi connectivity index (χ2v) is 3.72. The second-order valence-electron chi connectivity index (χ2n) is 3.72. The first-order valence-corrected chi connectivity index (χ1v) is 5.01. The van der Waals surface area contributed by atoms with Gasteiger partial charge < -0.3 is 0 Å². The summed E-state index contributed by atoms with van der Waals surface area (Å²) < 4.78 is 0. The summed E-state index contributed by atoms with van der Waals surface area (Å²) in [6.45, 7) is 5.91. The van der Waals surface area contributed by atoms with Gasteiger partial charge in [0.1, 0.15) is 0 Å². The highest BCUT2D eigenvalue weighted by atomic mass is 14.3. The van der Waals surface area contributed by atoms with Crippen LogP contribution in [0.15, 0.2) is 24.8 Å². The van der Waals surface area contributed by atoms with Gasteiger partial charge in [0.05, 0.1) is 0 Å². The molecule has 0 amide bonds. The van der Waals surface area contributed by atoms with Crippen molar-refractivity contribution in [2.45, 2.75) is 32.1 Å². The topological polar surface area (TPSA) is 0 Å². The van der Waals surface area contributed by atoms with E-state index in [1.54, 1.807) is 0 Å². The molecule has 1 saturated carbocycles. The lowest BCUT2D eigenvalue weighted by molar-refractivity contribution is 1.08. The Kier molecular flexibility index (Phi) is 2.22. The van der Waals surface area contributed by atoms with Gasteiger partial charge in [-0.2, -0.15) is 0 Å². The third-order valence-corrected chi connectivity index (χ3v) is 2.75. The Morgan fingerprint density at radius 1 is 1.46 bits per heavy atom. The molecule has 1 aromatic rings. The summed E-state index contributed by atoms with van der Waals surface area (Å²) in [6, 6.07) is 6.74. The van der Waals surface area contributed by atoms with Gasteiger partial charge in [0.15, 0.2) is 0 Å². The van der Waals surface area contributed by atoms with Crippen molar-refractivity contribution in [1.82, 2.24) is 0 Å². The maximum Gasteiger partial charge on any atom is -0.0149 e. The summed E-state index contributed by atoms with van der Waals surface area (Å²) in [5.74, 6) is 0.831. The first kappa shape index (κ1) is 8.55.